The molecule has 0 aromatic heterocycles. The van der Waals surface area contributed by atoms with Gasteiger partial charge in [0.2, 0.25) is 0 Å². The Morgan fingerprint density at radius 1 is 1.15 bits per heavy atom. The molecule has 3 rings (SSSR count). The molecule has 0 spiro atoms. The third-order valence-corrected chi connectivity index (χ3v) is 9.08. The normalized spacial score (nSPS) is 29.4. The van der Waals surface area contributed by atoms with Gasteiger partial charge in [-0.3, -0.25) is 0 Å². The maximum absolute atomic E-state index is 5.53. The summed E-state index contributed by atoms with van der Waals surface area (Å²) in [5.74, 6) is 0. The van der Waals surface area contributed by atoms with Gasteiger partial charge in [0.05, 0.1) is 12.3 Å². The third kappa shape index (κ3) is 1.09. The number of epoxide rings is 1. The molecule has 1 nitrogen and oxygen atoms in total. The first-order chi connectivity index (χ1) is 6.42. The fraction of sp³-hybridized carbons (Fsp3) is 0.455. The van der Waals surface area contributed by atoms with Gasteiger partial charge in [0.15, 0.2) is 0 Å². The molecule has 13 heavy (non-hydrogen) atoms. The number of rotatable bonds is 2. The Balaban J connectivity index is 1.97. The molecule has 0 amide bonds. The Hall–Kier alpha value is -0.603. The molecule has 1 atom stereocenters. The standard InChI is InChI=1S/C11H14OSi/c1-2-5-10(6-3-1)13(7-4-8-13)11-9-12-11/h1-3,5-6,11H,4,7-9H2. The van der Waals surface area contributed by atoms with Crippen molar-refractivity contribution in [3.8, 4) is 0 Å². The summed E-state index contributed by atoms with van der Waals surface area (Å²) in [6.07, 6.45) is 1.43. The van der Waals surface area contributed by atoms with Gasteiger partial charge >= 0.3 is 0 Å². The molecular weight excluding hydrogens is 176 g/mol. The van der Waals surface area contributed by atoms with E-state index < -0.39 is 8.07 Å². The van der Waals surface area contributed by atoms with Gasteiger partial charge in [0, 0.05) is 0 Å². The minimum absolute atomic E-state index is 0.670. The van der Waals surface area contributed by atoms with Crippen LogP contribution < -0.4 is 5.19 Å². The van der Waals surface area contributed by atoms with Crippen molar-refractivity contribution < 1.29 is 4.74 Å². The van der Waals surface area contributed by atoms with E-state index in [1.807, 2.05) is 0 Å². The largest absolute Gasteiger partial charge is 0.376 e. The van der Waals surface area contributed by atoms with Crippen molar-refractivity contribution in [2.24, 2.45) is 0 Å². The van der Waals surface area contributed by atoms with Crippen molar-refractivity contribution >= 4 is 13.3 Å². The smallest absolute Gasteiger partial charge is 0.122 e. The van der Waals surface area contributed by atoms with Crippen molar-refractivity contribution in [2.45, 2.75) is 24.2 Å². The Labute approximate surface area is 79.7 Å². The van der Waals surface area contributed by atoms with Gasteiger partial charge in [0.1, 0.15) is 8.07 Å². The summed E-state index contributed by atoms with van der Waals surface area (Å²) in [6.45, 7) is 1.04. The van der Waals surface area contributed by atoms with Crippen LogP contribution in [0.1, 0.15) is 6.42 Å². The van der Waals surface area contributed by atoms with Gasteiger partial charge in [-0.2, -0.15) is 0 Å². The molecule has 0 aliphatic carbocycles. The maximum Gasteiger partial charge on any atom is 0.122 e. The van der Waals surface area contributed by atoms with Crippen molar-refractivity contribution in [1.82, 2.24) is 0 Å². The minimum atomic E-state index is -1.11. The van der Waals surface area contributed by atoms with Crippen LogP contribution in [0.15, 0.2) is 30.3 Å². The molecule has 2 heterocycles. The van der Waals surface area contributed by atoms with Crippen LogP contribution in [-0.2, 0) is 4.74 Å². The Morgan fingerprint density at radius 2 is 1.85 bits per heavy atom. The number of hydrogen-bond acceptors (Lipinski definition) is 1. The highest BCUT2D eigenvalue weighted by Crippen LogP contribution is 2.40. The molecule has 0 radical (unpaired) electrons. The van der Waals surface area contributed by atoms with Gasteiger partial charge < -0.3 is 4.74 Å². The molecule has 1 unspecified atom stereocenters. The molecule has 2 heteroatoms. The average molecular weight is 190 g/mol. The second-order valence-corrected chi connectivity index (χ2v) is 8.73. The van der Waals surface area contributed by atoms with E-state index in [-0.39, 0.29) is 0 Å². The quantitative estimate of drug-likeness (QED) is 0.510. The molecule has 1 aromatic rings. The number of hydrogen-bond donors (Lipinski definition) is 0. The lowest BCUT2D eigenvalue weighted by molar-refractivity contribution is 0.446. The lowest BCUT2D eigenvalue weighted by atomic mass is 10.4. The third-order valence-electron chi connectivity index (χ3n) is 3.54. The zero-order valence-corrected chi connectivity index (χ0v) is 8.70. The van der Waals surface area contributed by atoms with Crippen molar-refractivity contribution in [1.29, 1.82) is 0 Å². The molecule has 1 aromatic carbocycles. The molecule has 0 bridgehead atoms. The predicted octanol–water partition coefficient (Wildman–Crippen LogP) is 1.68. The Kier molecular flexibility index (Phi) is 1.61. The molecule has 0 saturated carbocycles. The van der Waals surface area contributed by atoms with Gasteiger partial charge in [-0.1, -0.05) is 54.0 Å². The first-order valence-corrected chi connectivity index (χ1v) is 7.58. The van der Waals surface area contributed by atoms with Crippen LogP contribution in [0.4, 0.5) is 0 Å². The monoisotopic (exact) mass is 190 g/mol. The van der Waals surface area contributed by atoms with E-state index in [4.69, 9.17) is 4.74 Å². The van der Waals surface area contributed by atoms with E-state index in [0.29, 0.717) is 5.73 Å². The molecular formula is C11H14OSi. The molecule has 2 saturated heterocycles. The molecule has 2 aliphatic heterocycles. The maximum atomic E-state index is 5.53. The second-order valence-electron chi connectivity index (χ2n) is 4.20. The lowest BCUT2D eigenvalue weighted by Gasteiger charge is -2.38. The topological polar surface area (TPSA) is 12.5 Å². The average Bonchev–Trinajstić information content (AvgIpc) is 2.89. The van der Waals surface area contributed by atoms with Gasteiger partial charge in [0.25, 0.3) is 0 Å². The van der Waals surface area contributed by atoms with Crippen LogP contribution in [0.25, 0.3) is 0 Å². The van der Waals surface area contributed by atoms with Crippen LogP contribution in [0.3, 0.4) is 0 Å². The van der Waals surface area contributed by atoms with Crippen molar-refractivity contribution in [2.75, 3.05) is 6.61 Å². The van der Waals surface area contributed by atoms with Crippen LogP contribution in [-0.4, -0.2) is 20.4 Å². The van der Waals surface area contributed by atoms with Crippen LogP contribution >= 0.6 is 0 Å². The van der Waals surface area contributed by atoms with Gasteiger partial charge in [-0.25, -0.2) is 0 Å². The minimum Gasteiger partial charge on any atom is -0.376 e. The van der Waals surface area contributed by atoms with Gasteiger partial charge in [-0.05, 0) is 0 Å². The Bertz CT molecular complexity index is 301. The van der Waals surface area contributed by atoms with E-state index in [1.165, 1.54) is 18.5 Å². The van der Waals surface area contributed by atoms with Crippen molar-refractivity contribution in [3.05, 3.63) is 30.3 Å². The van der Waals surface area contributed by atoms with E-state index in [9.17, 15) is 0 Å². The number of ether oxygens (including phenoxy) is 1. The zero-order valence-electron chi connectivity index (χ0n) is 7.70. The highest BCUT2D eigenvalue weighted by Gasteiger charge is 2.53. The first kappa shape index (κ1) is 7.77. The summed E-state index contributed by atoms with van der Waals surface area (Å²) >= 11 is 0. The summed E-state index contributed by atoms with van der Waals surface area (Å²) in [4.78, 5) is 0. The predicted molar refractivity (Wildman–Crippen MR) is 55.8 cm³/mol. The molecule has 0 N–H and O–H groups in total. The van der Waals surface area contributed by atoms with E-state index in [1.54, 1.807) is 5.19 Å². The molecule has 2 aliphatic rings. The number of benzene rings is 1. The van der Waals surface area contributed by atoms with Crippen LogP contribution in [0.2, 0.25) is 12.1 Å². The summed E-state index contributed by atoms with van der Waals surface area (Å²) < 4.78 is 5.53. The van der Waals surface area contributed by atoms with E-state index in [0.717, 1.165) is 6.61 Å². The summed E-state index contributed by atoms with van der Waals surface area (Å²) in [7, 11) is -1.11. The lowest BCUT2D eigenvalue weighted by Crippen LogP contribution is -2.58. The van der Waals surface area contributed by atoms with Gasteiger partial charge in [-0.15, -0.1) is 0 Å². The Morgan fingerprint density at radius 3 is 2.31 bits per heavy atom. The fourth-order valence-corrected chi connectivity index (χ4v) is 6.79. The van der Waals surface area contributed by atoms with Crippen LogP contribution in [0, 0.1) is 0 Å². The SMILES string of the molecule is c1ccc([Si]2(C3CO3)CCC2)cc1. The zero-order chi connectivity index (χ0) is 8.73. The summed E-state index contributed by atoms with van der Waals surface area (Å²) in [5.41, 5.74) is 0.670. The van der Waals surface area contributed by atoms with Crippen molar-refractivity contribution in [3.63, 3.8) is 0 Å². The highest BCUT2D eigenvalue weighted by atomic mass is 28.3. The summed E-state index contributed by atoms with van der Waals surface area (Å²) in [6, 6.07) is 14.0. The van der Waals surface area contributed by atoms with E-state index >= 15 is 0 Å². The molecule has 68 valence electrons. The molecule has 2 fully saturated rings. The highest BCUT2D eigenvalue weighted by molar-refractivity contribution is 6.95. The van der Waals surface area contributed by atoms with E-state index in [2.05, 4.69) is 30.3 Å². The first-order valence-electron chi connectivity index (χ1n) is 5.09. The fourth-order valence-electron chi connectivity index (χ4n) is 2.49. The van der Waals surface area contributed by atoms with Crippen LogP contribution in [0.5, 0.6) is 0 Å². The summed E-state index contributed by atoms with van der Waals surface area (Å²) in [5, 5.41) is 1.63. The second kappa shape index (κ2) is 2.69.